The first-order valence-electron chi connectivity index (χ1n) is 6.62. The molecule has 9 nitrogen and oxygen atoms in total. The van der Waals surface area contributed by atoms with Crippen molar-refractivity contribution in [2.45, 2.75) is 31.0 Å². The van der Waals surface area contributed by atoms with Gasteiger partial charge in [0.2, 0.25) is 0 Å². The Hall–Kier alpha value is -1.26. The molecule has 0 aromatic rings. The molecule has 0 radical (unpaired) electrons. The van der Waals surface area contributed by atoms with Gasteiger partial charge in [0.05, 0.1) is 33.0 Å². The zero-order valence-electron chi connectivity index (χ0n) is 11.4. The van der Waals surface area contributed by atoms with Gasteiger partial charge < -0.3 is 33.9 Å². The molecule has 0 aromatic carbocycles. The molecule has 9 heteroatoms. The summed E-state index contributed by atoms with van der Waals surface area (Å²) in [6.45, 7) is 1.36. The maximum absolute atomic E-state index is 11.5. The Bertz CT molecular complexity index is 357. The molecule has 0 spiro atoms. The van der Waals surface area contributed by atoms with Crippen molar-refractivity contribution in [3.63, 3.8) is 0 Å². The molecule has 2 rings (SSSR count). The highest BCUT2D eigenvalue weighted by Gasteiger charge is 2.50. The molecule has 2 N–H and O–H groups in total. The van der Waals surface area contributed by atoms with E-state index in [1.807, 2.05) is 0 Å². The smallest absolute Gasteiger partial charge is 0.347 e. The van der Waals surface area contributed by atoms with Crippen molar-refractivity contribution in [1.82, 2.24) is 0 Å². The van der Waals surface area contributed by atoms with E-state index in [-0.39, 0.29) is 26.1 Å². The molecule has 0 aromatic heterocycles. The van der Waals surface area contributed by atoms with Gasteiger partial charge in [0.15, 0.2) is 12.6 Å². The number of aliphatic carboxylic acids is 2. The zero-order chi connectivity index (χ0) is 15.3. The second kappa shape index (κ2) is 7.14. The van der Waals surface area contributed by atoms with Crippen molar-refractivity contribution in [3.8, 4) is 0 Å². The van der Waals surface area contributed by atoms with E-state index in [4.69, 9.17) is 23.7 Å². The molecule has 0 aliphatic carbocycles. The molecule has 0 saturated carbocycles. The Morgan fingerprint density at radius 3 is 2.19 bits per heavy atom. The summed E-state index contributed by atoms with van der Waals surface area (Å²) in [5.74, 6) is -3.19. The first-order valence-corrected chi connectivity index (χ1v) is 6.62. The van der Waals surface area contributed by atoms with Gasteiger partial charge in [-0.2, -0.15) is 0 Å². The molecule has 0 amide bonds. The minimum Gasteiger partial charge on any atom is -0.479 e. The largest absolute Gasteiger partial charge is 0.479 e. The monoisotopic (exact) mass is 306 g/mol. The Kier molecular flexibility index (Phi) is 5.48. The van der Waals surface area contributed by atoms with Crippen LogP contribution in [0, 0.1) is 0 Å². The summed E-state index contributed by atoms with van der Waals surface area (Å²) in [7, 11) is 0. The normalized spacial score (nSPS) is 24.1. The molecule has 2 saturated heterocycles. The summed E-state index contributed by atoms with van der Waals surface area (Å²) in [6, 6.07) is 0. The summed E-state index contributed by atoms with van der Waals surface area (Å²) in [5.41, 5.74) is -2.42. The number of hydrogen-bond acceptors (Lipinski definition) is 7. The van der Waals surface area contributed by atoms with Crippen LogP contribution in [0.1, 0.15) is 12.8 Å². The summed E-state index contributed by atoms with van der Waals surface area (Å²) < 4.78 is 25.8. The maximum Gasteiger partial charge on any atom is 0.347 e. The fourth-order valence-electron chi connectivity index (χ4n) is 2.12. The van der Waals surface area contributed by atoms with Crippen molar-refractivity contribution in [2.24, 2.45) is 0 Å². The van der Waals surface area contributed by atoms with Crippen molar-refractivity contribution in [3.05, 3.63) is 0 Å². The Morgan fingerprint density at radius 1 is 1.05 bits per heavy atom. The standard InChI is InChI=1S/C12H18O9/c13-10(14)12(11(15)16,2-1-8-18-5-6-19-8)21-9-7-17-3-4-20-9/h8-9H,1-7H2,(H,13,14)(H,15,16). The van der Waals surface area contributed by atoms with Crippen LogP contribution in [0.3, 0.4) is 0 Å². The van der Waals surface area contributed by atoms with Crippen LogP contribution < -0.4 is 0 Å². The molecule has 1 unspecified atom stereocenters. The quantitative estimate of drug-likeness (QED) is 0.596. The lowest BCUT2D eigenvalue weighted by atomic mass is 9.97. The number of carboxylic acid groups (broad SMARTS) is 2. The lowest BCUT2D eigenvalue weighted by Crippen LogP contribution is -2.53. The number of carboxylic acids is 2. The number of rotatable bonds is 7. The highest BCUT2D eigenvalue weighted by atomic mass is 16.7. The highest BCUT2D eigenvalue weighted by Crippen LogP contribution is 2.26. The molecule has 2 fully saturated rings. The van der Waals surface area contributed by atoms with E-state index >= 15 is 0 Å². The van der Waals surface area contributed by atoms with E-state index in [2.05, 4.69) is 0 Å². The summed E-state index contributed by atoms with van der Waals surface area (Å²) in [5, 5.41) is 18.6. The number of hydrogen-bond donors (Lipinski definition) is 2. The van der Waals surface area contributed by atoms with Gasteiger partial charge in [-0.3, -0.25) is 0 Å². The molecule has 1 atom stereocenters. The Morgan fingerprint density at radius 2 is 1.67 bits per heavy atom. The molecule has 120 valence electrons. The average Bonchev–Trinajstić information content (AvgIpc) is 2.97. The maximum atomic E-state index is 11.5. The van der Waals surface area contributed by atoms with Gasteiger partial charge in [0, 0.05) is 12.8 Å². The Labute approximate surface area is 120 Å². The predicted octanol–water partition coefficient (Wildman–Crippen LogP) is -0.563. The van der Waals surface area contributed by atoms with Crippen LogP contribution in [-0.2, 0) is 33.3 Å². The van der Waals surface area contributed by atoms with Gasteiger partial charge in [-0.25, -0.2) is 9.59 Å². The summed E-state index contributed by atoms with van der Waals surface area (Å²) in [6.07, 6.45) is -1.86. The Balaban J connectivity index is 2.03. The van der Waals surface area contributed by atoms with E-state index < -0.39 is 30.1 Å². The van der Waals surface area contributed by atoms with E-state index in [1.54, 1.807) is 0 Å². The molecule has 21 heavy (non-hydrogen) atoms. The minimum atomic E-state index is -2.42. The van der Waals surface area contributed by atoms with E-state index in [0.29, 0.717) is 19.8 Å². The lowest BCUT2D eigenvalue weighted by Gasteiger charge is -2.32. The average molecular weight is 306 g/mol. The van der Waals surface area contributed by atoms with Crippen LogP contribution in [0.2, 0.25) is 0 Å². The van der Waals surface area contributed by atoms with E-state index in [9.17, 15) is 19.8 Å². The summed E-state index contributed by atoms with van der Waals surface area (Å²) >= 11 is 0. The highest BCUT2D eigenvalue weighted by molar-refractivity contribution is 6.01. The molecule has 2 aliphatic rings. The molecular formula is C12H18O9. The topological polar surface area (TPSA) is 121 Å². The van der Waals surface area contributed by atoms with Crippen LogP contribution in [0.5, 0.6) is 0 Å². The second-order valence-electron chi connectivity index (χ2n) is 4.64. The van der Waals surface area contributed by atoms with Gasteiger partial charge >= 0.3 is 11.9 Å². The molecule has 0 bridgehead atoms. The van der Waals surface area contributed by atoms with Gasteiger partial charge in [-0.05, 0) is 0 Å². The van der Waals surface area contributed by atoms with Crippen molar-refractivity contribution in [2.75, 3.05) is 33.0 Å². The molecule has 2 heterocycles. The summed E-state index contributed by atoms with van der Waals surface area (Å²) in [4.78, 5) is 22.9. The third-order valence-electron chi connectivity index (χ3n) is 3.23. The van der Waals surface area contributed by atoms with Crippen LogP contribution in [0.15, 0.2) is 0 Å². The second-order valence-corrected chi connectivity index (χ2v) is 4.64. The number of carbonyl (C=O) groups is 2. The van der Waals surface area contributed by atoms with Crippen LogP contribution in [0.25, 0.3) is 0 Å². The molecular weight excluding hydrogens is 288 g/mol. The first-order chi connectivity index (χ1) is 10.0. The van der Waals surface area contributed by atoms with Crippen LogP contribution in [-0.4, -0.2) is 73.4 Å². The van der Waals surface area contributed by atoms with Gasteiger partial charge in [0.25, 0.3) is 5.60 Å². The molecule has 2 aliphatic heterocycles. The van der Waals surface area contributed by atoms with Crippen LogP contribution in [0.4, 0.5) is 0 Å². The van der Waals surface area contributed by atoms with E-state index in [1.165, 1.54) is 0 Å². The fourth-order valence-corrected chi connectivity index (χ4v) is 2.12. The van der Waals surface area contributed by atoms with E-state index in [0.717, 1.165) is 0 Å². The van der Waals surface area contributed by atoms with Gasteiger partial charge in [0.1, 0.15) is 0 Å². The third kappa shape index (κ3) is 3.89. The fraction of sp³-hybridized carbons (Fsp3) is 0.833. The third-order valence-corrected chi connectivity index (χ3v) is 3.23. The number of ether oxygens (including phenoxy) is 5. The van der Waals surface area contributed by atoms with Crippen molar-refractivity contribution < 1.29 is 43.5 Å². The lowest BCUT2D eigenvalue weighted by molar-refractivity contribution is -0.261. The van der Waals surface area contributed by atoms with Crippen molar-refractivity contribution in [1.29, 1.82) is 0 Å². The zero-order valence-corrected chi connectivity index (χ0v) is 11.4. The van der Waals surface area contributed by atoms with Crippen LogP contribution >= 0.6 is 0 Å². The van der Waals surface area contributed by atoms with Gasteiger partial charge in [-0.1, -0.05) is 0 Å². The first kappa shape index (κ1) is 16.1. The van der Waals surface area contributed by atoms with Gasteiger partial charge in [-0.15, -0.1) is 0 Å². The minimum absolute atomic E-state index is 0.0151. The predicted molar refractivity (Wildman–Crippen MR) is 64.6 cm³/mol. The SMILES string of the molecule is O=C(O)C(CCC1OCCO1)(OC1COCCO1)C(=O)O. The van der Waals surface area contributed by atoms with Crippen molar-refractivity contribution >= 4 is 11.9 Å².